The van der Waals surface area contributed by atoms with E-state index in [1.807, 2.05) is 53.6 Å². The first-order valence-electron chi connectivity index (χ1n) is 9.81. The van der Waals surface area contributed by atoms with Crippen molar-refractivity contribution in [2.45, 2.75) is 25.4 Å². The Bertz CT molecular complexity index is 933. The second-order valence-corrected chi connectivity index (χ2v) is 7.64. The summed E-state index contributed by atoms with van der Waals surface area (Å²) in [6.45, 7) is 1.95. The van der Waals surface area contributed by atoms with Crippen LogP contribution in [0.3, 0.4) is 0 Å². The Kier molecular flexibility index (Phi) is 6.00. The lowest BCUT2D eigenvalue weighted by atomic mass is 10.0. The number of hydrogen-bond donors (Lipinski definition) is 2. The molecule has 3 aromatic rings. The Balaban J connectivity index is 1.24. The minimum absolute atomic E-state index is 0.0256. The average Bonchev–Trinajstić information content (AvgIpc) is 3.23. The Labute approximate surface area is 175 Å². The smallest absolute Gasteiger partial charge is 0.317 e. The molecule has 4 rings (SSSR count). The Morgan fingerprint density at radius 1 is 1.07 bits per heavy atom. The topological polar surface area (TPSA) is 62.2 Å². The number of halogens is 1. The van der Waals surface area contributed by atoms with Gasteiger partial charge in [-0.2, -0.15) is 5.10 Å². The van der Waals surface area contributed by atoms with Crippen LogP contribution in [0.25, 0.3) is 5.69 Å². The summed E-state index contributed by atoms with van der Waals surface area (Å²) in [7, 11) is 0. The van der Waals surface area contributed by atoms with Gasteiger partial charge in [0.05, 0.1) is 11.9 Å². The van der Waals surface area contributed by atoms with E-state index in [0.717, 1.165) is 42.9 Å². The maximum absolute atomic E-state index is 12.5. The molecule has 0 spiro atoms. The zero-order valence-corrected chi connectivity index (χ0v) is 16.8. The third-order valence-electron chi connectivity index (χ3n) is 5.10. The molecular formula is C22H24ClN5O. The van der Waals surface area contributed by atoms with Gasteiger partial charge in [0.2, 0.25) is 0 Å². The number of anilines is 1. The summed E-state index contributed by atoms with van der Waals surface area (Å²) in [5.41, 5.74) is 3.02. The first-order valence-corrected chi connectivity index (χ1v) is 10.2. The van der Waals surface area contributed by atoms with Crippen molar-refractivity contribution < 1.29 is 4.79 Å². The van der Waals surface area contributed by atoms with Crippen LogP contribution in [0.5, 0.6) is 0 Å². The number of aromatic nitrogens is 2. The number of carbonyl (C=O) groups is 1. The summed E-state index contributed by atoms with van der Waals surface area (Å²) in [6.07, 6.45) is 5.57. The molecule has 150 valence electrons. The van der Waals surface area contributed by atoms with Crippen molar-refractivity contribution >= 4 is 23.3 Å². The third kappa shape index (κ3) is 5.09. The van der Waals surface area contributed by atoms with Crippen LogP contribution in [0, 0.1) is 0 Å². The van der Waals surface area contributed by atoms with Crippen LogP contribution < -0.4 is 10.6 Å². The standard InChI is InChI=1S/C22H24ClN5O/c23-18-6-8-21(9-7-18)28-16-17(15-25-28)14-24-22(29)27-12-10-20(11-13-27)26-19-4-2-1-3-5-19/h1-9,15-16,20,26H,10-14H2,(H,24,29). The molecule has 6 nitrogen and oxygen atoms in total. The summed E-state index contributed by atoms with van der Waals surface area (Å²) in [5, 5.41) is 11.6. The minimum atomic E-state index is -0.0256. The SMILES string of the molecule is O=C(NCc1cnn(-c2ccc(Cl)cc2)c1)N1CCC(Nc2ccccc2)CC1. The van der Waals surface area contributed by atoms with E-state index >= 15 is 0 Å². The number of nitrogens with one attached hydrogen (secondary N) is 2. The molecule has 0 aliphatic carbocycles. The quantitative estimate of drug-likeness (QED) is 0.660. The first-order chi connectivity index (χ1) is 14.2. The van der Waals surface area contributed by atoms with Gasteiger partial charge >= 0.3 is 6.03 Å². The van der Waals surface area contributed by atoms with Crippen LogP contribution in [-0.2, 0) is 6.54 Å². The second kappa shape index (κ2) is 9.01. The van der Waals surface area contributed by atoms with E-state index in [-0.39, 0.29) is 6.03 Å². The van der Waals surface area contributed by atoms with Gasteiger partial charge in [-0.25, -0.2) is 9.48 Å². The summed E-state index contributed by atoms with van der Waals surface area (Å²) in [4.78, 5) is 14.4. The molecule has 7 heteroatoms. The van der Waals surface area contributed by atoms with Gasteiger partial charge in [0.15, 0.2) is 0 Å². The minimum Gasteiger partial charge on any atom is -0.382 e. The molecule has 1 saturated heterocycles. The van der Waals surface area contributed by atoms with Crippen molar-refractivity contribution in [3.63, 3.8) is 0 Å². The number of hydrogen-bond acceptors (Lipinski definition) is 3. The molecule has 0 atom stereocenters. The van der Waals surface area contributed by atoms with Crippen LogP contribution in [0.4, 0.5) is 10.5 Å². The molecule has 1 fully saturated rings. The number of benzene rings is 2. The van der Waals surface area contributed by atoms with Gasteiger partial charge in [0, 0.05) is 48.1 Å². The fourth-order valence-electron chi connectivity index (χ4n) is 3.47. The highest BCUT2D eigenvalue weighted by Crippen LogP contribution is 2.17. The molecule has 1 aliphatic rings. The van der Waals surface area contributed by atoms with Crippen molar-refractivity contribution in [1.29, 1.82) is 0 Å². The lowest BCUT2D eigenvalue weighted by molar-refractivity contribution is 0.183. The van der Waals surface area contributed by atoms with E-state index in [0.29, 0.717) is 17.6 Å². The molecule has 0 radical (unpaired) electrons. The van der Waals surface area contributed by atoms with Crippen LogP contribution in [0.1, 0.15) is 18.4 Å². The zero-order chi connectivity index (χ0) is 20.1. The van der Waals surface area contributed by atoms with Gasteiger partial charge in [-0.05, 0) is 49.2 Å². The summed E-state index contributed by atoms with van der Waals surface area (Å²) >= 11 is 5.93. The Hall–Kier alpha value is -2.99. The molecule has 1 aromatic heterocycles. The fraction of sp³-hybridized carbons (Fsp3) is 0.273. The number of likely N-dealkylation sites (tertiary alicyclic amines) is 1. The highest BCUT2D eigenvalue weighted by Gasteiger charge is 2.22. The number of piperidine rings is 1. The maximum Gasteiger partial charge on any atom is 0.317 e. The Morgan fingerprint density at radius 3 is 2.52 bits per heavy atom. The summed E-state index contributed by atoms with van der Waals surface area (Å²) < 4.78 is 1.78. The predicted octanol–water partition coefficient (Wildman–Crippen LogP) is 4.31. The summed E-state index contributed by atoms with van der Waals surface area (Å²) in [5.74, 6) is 0. The van der Waals surface area contributed by atoms with E-state index < -0.39 is 0 Å². The molecule has 1 aliphatic heterocycles. The van der Waals surface area contributed by atoms with Gasteiger partial charge in [-0.15, -0.1) is 0 Å². The molecule has 0 bridgehead atoms. The lowest BCUT2D eigenvalue weighted by Crippen LogP contribution is -2.46. The van der Waals surface area contributed by atoms with Gasteiger partial charge in [-0.1, -0.05) is 29.8 Å². The zero-order valence-electron chi connectivity index (χ0n) is 16.1. The fourth-order valence-corrected chi connectivity index (χ4v) is 3.60. The van der Waals surface area contributed by atoms with Crippen LogP contribution >= 0.6 is 11.6 Å². The maximum atomic E-state index is 12.5. The lowest BCUT2D eigenvalue weighted by Gasteiger charge is -2.32. The van der Waals surface area contributed by atoms with Crippen molar-refractivity contribution in [2.75, 3.05) is 18.4 Å². The van der Waals surface area contributed by atoms with E-state index in [1.54, 1.807) is 10.9 Å². The first kappa shape index (κ1) is 19.3. The van der Waals surface area contributed by atoms with Gasteiger partial charge in [0.25, 0.3) is 0 Å². The van der Waals surface area contributed by atoms with Crippen molar-refractivity contribution in [3.05, 3.63) is 77.6 Å². The van der Waals surface area contributed by atoms with Crippen molar-refractivity contribution in [1.82, 2.24) is 20.0 Å². The van der Waals surface area contributed by atoms with Gasteiger partial charge in [0.1, 0.15) is 0 Å². The van der Waals surface area contributed by atoms with Gasteiger partial charge in [-0.3, -0.25) is 0 Å². The number of rotatable bonds is 5. The largest absolute Gasteiger partial charge is 0.382 e. The second-order valence-electron chi connectivity index (χ2n) is 7.20. The number of carbonyl (C=O) groups excluding carboxylic acids is 1. The molecular weight excluding hydrogens is 386 g/mol. The molecule has 2 heterocycles. The normalized spacial score (nSPS) is 14.6. The van der Waals surface area contributed by atoms with Crippen LogP contribution in [-0.4, -0.2) is 39.8 Å². The number of urea groups is 1. The highest BCUT2D eigenvalue weighted by atomic mass is 35.5. The highest BCUT2D eigenvalue weighted by molar-refractivity contribution is 6.30. The van der Waals surface area contributed by atoms with Crippen molar-refractivity contribution in [2.24, 2.45) is 0 Å². The molecule has 2 N–H and O–H groups in total. The Morgan fingerprint density at radius 2 is 1.79 bits per heavy atom. The molecule has 2 aromatic carbocycles. The van der Waals surface area contributed by atoms with E-state index in [9.17, 15) is 4.79 Å². The number of nitrogens with zero attached hydrogens (tertiary/aromatic N) is 3. The third-order valence-corrected chi connectivity index (χ3v) is 5.35. The number of amides is 2. The molecule has 0 saturated carbocycles. The van der Waals surface area contributed by atoms with Crippen molar-refractivity contribution in [3.8, 4) is 5.69 Å². The van der Waals surface area contributed by atoms with Crippen LogP contribution in [0.15, 0.2) is 67.0 Å². The van der Waals surface area contributed by atoms with Gasteiger partial charge < -0.3 is 15.5 Å². The predicted molar refractivity (Wildman–Crippen MR) is 115 cm³/mol. The van der Waals surface area contributed by atoms with E-state index in [1.165, 1.54) is 0 Å². The monoisotopic (exact) mass is 409 g/mol. The molecule has 0 unspecified atom stereocenters. The summed E-state index contributed by atoms with van der Waals surface area (Å²) in [6, 6.07) is 18.1. The number of para-hydroxylation sites is 1. The average molecular weight is 410 g/mol. The van der Waals surface area contributed by atoms with E-state index in [4.69, 9.17) is 11.6 Å². The van der Waals surface area contributed by atoms with Crippen LogP contribution in [0.2, 0.25) is 5.02 Å². The molecule has 2 amide bonds. The van der Waals surface area contributed by atoms with E-state index in [2.05, 4.69) is 27.9 Å². The molecule has 29 heavy (non-hydrogen) atoms.